The van der Waals surface area contributed by atoms with Crippen molar-refractivity contribution >= 4 is 38.7 Å². The van der Waals surface area contributed by atoms with Crippen molar-refractivity contribution < 1.29 is 14.3 Å². The first-order valence-corrected chi connectivity index (χ1v) is 4.47. The molecule has 0 heterocycles. The molecule has 0 aliphatic rings. The first-order chi connectivity index (χ1) is 5.06. The molecule has 11 heavy (non-hydrogen) atoms. The van der Waals surface area contributed by atoms with E-state index in [1.165, 1.54) is 6.92 Å². The van der Waals surface area contributed by atoms with Crippen LogP contribution in [-0.2, 0) is 14.3 Å². The summed E-state index contributed by atoms with van der Waals surface area (Å²) in [6.07, 6.45) is -0.399. The molecule has 0 bridgehead atoms. The van der Waals surface area contributed by atoms with Crippen molar-refractivity contribution in [3.8, 4) is 0 Å². The highest BCUT2D eigenvalue weighted by Crippen LogP contribution is 2.05. The Bertz CT molecular complexity index is 144. The summed E-state index contributed by atoms with van der Waals surface area (Å²) in [5, 5.41) is -0.0823. The zero-order chi connectivity index (χ0) is 8.85. The Kier molecular flexibility index (Phi) is 5.50. The van der Waals surface area contributed by atoms with Crippen molar-refractivity contribution in [2.75, 3.05) is 5.33 Å². The van der Waals surface area contributed by atoms with Crippen molar-refractivity contribution in [3.05, 3.63) is 0 Å². The van der Waals surface area contributed by atoms with E-state index in [1.54, 1.807) is 0 Å². The minimum Gasteiger partial charge on any atom is -0.461 e. The van der Waals surface area contributed by atoms with E-state index in [0.29, 0.717) is 5.33 Å². The summed E-state index contributed by atoms with van der Waals surface area (Å²) in [7, 11) is 0. The van der Waals surface area contributed by atoms with Crippen LogP contribution in [0.2, 0.25) is 0 Å². The largest absolute Gasteiger partial charge is 0.461 e. The van der Waals surface area contributed by atoms with Crippen LogP contribution in [0.4, 0.5) is 0 Å². The van der Waals surface area contributed by atoms with Gasteiger partial charge in [0.1, 0.15) is 6.10 Å². The fourth-order valence-corrected chi connectivity index (χ4v) is 1.07. The lowest BCUT2D eigenvalue weighted by Crippen LogP contribution is -2.19. The summed E-state index contributed by atoms with van der Waals surface area (Å²) in [5.41, 5.74) is 0. The molecule has 0 N–H and O–H groups in total. The van der Waals surface area contributed by atoms with Crippen molar-refractivity contribution in [3.63, 3.8) is 0 Å². The fraction of sp³-hybridized carbons (Fsp3) is 0.667. The van der Waals surface area contributed by atoms with Crippen LogP contribution in [0.3, 0.4) is 0 Å². The van der Waals surface area contributed by atoms with Crippen LogP contribution in [0.5, 0.6) is 0 Å². The Hall–Kier alpha value is -0.0900. The van der Waals surface area contributed by atoms with E-state index in [4.69, 9.17) is 16.3 Å². The van der Waals surface area contributed by atoms with Crippen LogP contribution < -0.4 is 0 Å². The van der Waals surface area contributed by atoms with Gasteiger partial charge in [0, 0.05) is 12.3 Å². The lowest BCUT2D eigenvalue weighted by Gasteiger charge is -2.10. The maximum atomic E-state index is 10.4. The monoisotopic (exact) mass is 242 g/mol. The third-order valence-electron chi connectivity index (χ3n) is 0.893. The van der Waals surface area contributed by atoms with Gasteiger partial charge >= 0.3 is 5.97 Å². The molecule has 1 atom stereocenters. The van der Waals surface area contributed by atoms with Crippen molar-refractivity contribution in [1.82, 2.24) is 0 Å². The van der Waals surface area contributed by atoms with Crippen LogP contribution in [0.15, 0.2) is 0 Å². The van der Waals surface area contributed by atoms with Crippen molar-refractivity contribution in [2.45, 2.75) is 19.4 Å². The maximum absolute atomic E-state index is 10.4. The molecule has 3 nitrogen and oxygen atoms in total. The van der Waals surface area contributed by atoms with Gasteiger partial charge < -0.3 is 4.74 Å². The standard InChI is InChI=1S/C6H8BrClO3/c1-4(9)11-5(3-7)2-6(8)10/h5H,2-3H2,1H3/t5-/m0/s1. The molecule has 0 amide bonds. The number of alkyl halides is 1. The van der Waals surface area contributed by atoms with Crippen molar-refractivity contribution in [2.24, 2.45) is 0 Å². The van der Waals surface area contributed by atoms with Gasteiger partial charge in [-0.25, -0.2) is 0 Å². The van der Waals surface area contributed by atoms with Gasteiger partial charge in [-0.2, -0.15) is 0 Å². The Morgan fingerprint density at radius 3 is 2.45 bits per heavy atom. The van der Waals surface area contributed by atoms with Gasteiger partial charge in [0.15, 0.2) is 0 Å². The van der Waals surface area contributed by atoms with Gasteiger partial charge in [0.2, 0.25) is 5.24 Å². The second kappa shape index (κ2) is 5.55. The van der Waals surface area contributed by atoms with Gasteiger partial charge in [-0.3, -0.25) is 9.59 Å². The minimum atomic E-state index is -0.504. The second-order valence-corrected chi connectivity index (χ2v) is 3.01. The Labute approximate surface area is 78.2 Å². The molecule has 0 saturated heterocycles. The number of esters is 1. The van der Waals surface area contributed by atoms with E-state index in [2.05, 4.69) is 15.9 Å². The smallest absolute Gasteiger partial charge is 0.302 e. The van der Waals surface area contributed by atoms with Gasteiger partial charge in [0.05, 0.1) is 6.42 Å². The third-order valence-corrected chi connectivity index (χ3v) is 1.77. The molecule has 0 aliphatic carbocycles. The van der Waals surface area contributed by atoms with E-state index in [0.717, 1.165) is 0 Å². The molecule has 0 fully saturated rings. The molecular formula is C6H8BrClO3. The van der Waals surface area contributed by atoms with E-state index < -0.39 is 17.3 Å². The lowest BCUT2D eigenvalue weighted by molar-refractivity contribution is -0.145. The number of ether oxygens (including phenoxy) is 1. The average Bonchev–Trinajstić information content (AvgIpc) is 1.84. The number of carbonyl (C=O) groups is 2. The SMILES string of the molecule is CC(=O)O[C@H](CBr)CC(=O)Cl. The molecule has 0 unspecified atom stereocenters. The highest BCUT2D eigenvalue weighted by Gasteiger charge is 2.13. The average molecular weight is 243 g/mol. The maximum Gasteiger partial charge on any atom is 0.302 e. The highest BCUT2D eigenvalue weighted by molar-refractivity contribution is 9.09. The molecule has 0 radical (unpaired) electrons. The lowest BCUT2D eigenvalue weighted by atomic mass is 10.3. The van der Waals surface area contributed by atoms with Gasteiger partial charge in [0.25, 0.3) is 0 Å². The minimum absolute atomic E-state index is 0.0480. The number of hydrogen-bond donors (Lipinski definition) is 0. The summed E-state index contributed by atoms with van der Waals surface area (Å²) in [4.78, 5) is 20.7. The van der Waals surface area contributed by atoms with E-state index >= 15 is 0 Å². The molecule has 0 rings (SSSR count). The summed E-state index contributed by atoms with van der Waals surface area (Å²) >= 11 is 8.17. The van der Waals surface area contributed by atoms with Crippen LogP contribution >= 0.6 is 27.5 Å². The third kappa shape index (κ3) is 6.31. The zero-order valence-electron chi connectivity index (χ0n) is 5.97. The molecule has 0 aromatic rings. The van der Waals surface area contributed by atoms with Gasteiger partial charge in [-0.1, -0.05) is 15.9 Å². The summed E-state index contributed by atoms with van der Waals surface area (Å²) in [5.74, 6) is -0.410. The molecule has 0 spiro atoms. The highest BCUT2D eigenvalue weighted by atomic mass is 79.9. The normalized spacial score (nSPS) is 12.3. The predicted octanol–water partition coefficient (Wildman–Crippen LogP) is 1.47. The second-order valence-electron chi connectivity index (χ2n) is 1.94. The predicted molar refractivity (Wildman–Crippen MR) is 44.8 cm³/mol. The molecule has 64 valence electrons. The van der Waals surface area contributed by atoms with E-state index in [9.17, 15) is 9.59 Å². The molecule has 0 saturated carbocycles. The summed E-state index contributed by atoms with van der Waals surface area (Å²) < 4.78 is 4.72. The number of rotatable bonds is 4. The Morgan fingerprint density at radius 1 is 1.64 bits per heavy atom. The van der Waals surface area contributed by atoms with E-state index in [1.807, 2.05) is 0 Å². The molecule has 5 heteroatoms. The topological polar surface area (TPSA) is 43.4 Å². The van der Waals surface area contributed by atoms with Crippen molar-refractivity contribution in [1.29, 1.82) is 0 Å². The molecule has 0 aromatic carbocycles. The number of carbonyl (C=O) groups excluding carboxylic acids is 2. The van der Waals surface area contributed by atoms with Crippen LogP contribution in [0, 0.1) is 0 Å². The van der Waals surface area contributed by atoms with Crippen LogP contribution in [-0.4, -0.2) is 22.6 Å². The van der Waals surface area contributed by atoms with E-state index in [-0.39, 0.29) is 6.42 Å². The first-order valence-electron chi connectivity index (χ1n) is 2.97. The van der Waals surface area contributed by atoms with Gasteiger partial charge in [-0.15, -0.1) is 0 Å². The quantitative estimate of drug-likeness (QED) is 0.427. The fourth-order valence-electron chi connectivity index (χ4n) is 0.541. The molecule has 0 aromatic heterocycles. The Balaban J connectivity index is 3.76. The van der Waals surface area contributed by atoms with Crippen LogP contribution in [0.1, 0.15) is 13.3 Å². The van der Waals surface area contributed by atoms with Crippen LogP contribution in [0.25, 0.3) is 0 Å². The Morgan fingerprint density at radius 2 is 2.18 bits per heavy atom. The number of hydrogen-bond acceptors (Lipinski definition) is 3. The van der Waals surface area contributed by atoms with Gasteiger partial charge in [-0.05, 0) is 11.6 Å². The number of halogens is 2. The molecular weight excluding hydrogens is 235 g/mol. The zero-order valence-corrected chi connectivity index (χ0v) is 8.31. The molecule has 0 aliphatic heterocycles. The summed E-state index contributed by atoms with van der Waals surface area (Å²) in [6.45, 7) is 1.29. The first kappa shape index (κ1) is 10.9. The summed E-state index contributed by atoms with van der Waals surface area (Å²) in [6, 6.07) is 0.